The molecule has 0 heterocycles. The number of aliphatic hydroxyl groups excluding tert-OH is 2. The molecule has 0 aliphatic rings. The molecule has 1 atom stereocenters. The number of carbonyl (C=O) groups excluding carboxylic acids is 1. The molecule has 4 nitrogen and oxygen atoms in total. The molecular weight excluding hydrogens is 211 g/mol. The molecule has 0 rings (SSSR count). The quantitative estimate of drug-likeness (QED) is 0.285. The Morgan fingerprint density at radius 3 is 1.83 bits per heavy atom. The van der Waals surface area contributed by atoms with Crippen molar-refractivity contribution in [3.8, 4) is 0 Å². The van der Waals surface area contributed by atoms with E-state index in [4.69, 9.17) is 10.2 Å². The molecule has 0 amide bonds. The fourth-order valence-electron chi connectivity index (χ4n) is 0.0577. The largest absolute Gasteiger partial charge is 1.00 e. The van der Waals surface area contributed by atoms with Crippen molar-refractivity contribution in [2.75, 3.05) is 18.1 Å². The summed E-state index contributed by atoms with van der Waals surface area (Å²) < 4.78 is 0. The van der Waals surface area contributed by atoms with Crippen LogP contribution in [0, 0.1) is 0 Å². The summed E-state index contributed by atoms with van der Waals surface area (Å²) in [4.78, 5) is 9.18. The van der Waals surface area contributed by atoms with E-state index in [-0.39, 0.29) is 41.9 Å². The Hall–Kier alpha value is 1.09. The third-order valence-corrected chi connectivity index (χ3v) is 1.23. The van der Waals surface area contributed by atoms with Gasteiger partial charge in [0.25, 0.3) is 0 Å². The van der Waals surface area contributed by atoms with Crippen molar-refractivity contribution in [1.82, 2.24) is 0 Å². The zero-order valence-electron chi connectivity index (χ0n) is 6.80. The molecule has 0 aromatic rings. The van der Waals surface area contributed by atoms with Crippen LogP contribution >= 0.6 is 25.3 Å². The first-order valence-corrected chi connectivity index (χ1v) is 4.05. The van der Waals surface area contributed by atoms with E-state index in [2.05, 4.69) is 25.3 Å². The Morgan fingerprint density at radius 1 is 1.50 bits per heavy atom. The number of carboxylic acids is 1. The Balaban J connectivity index is -0.000000126. The van der Waals surface area contributed by atoms with Crippen molar-refractivity contribution in [2.24, 2.45) is 0 Å². The van der Waals surface area contributed by atoms with Crippen molar-refractivity contribution < 1.29 is 49.7 Å². The van der Waals surface area contributed by atoms with Crippen LogP contribution in [0.1, 0.15) is 0 Å². The van der Waals surface area contributed by atoms with Crippen LogP contribution in [0.5, 0.6) is 0 Å². The van der Waals surface area contributed by atoms with E-state index >= 15 is 0 Å². The number of carboxylic acid groups (broad SMARTS) is 1. The summed E-state index contributed by atoms with van der Waals surface area (Å²) in [6.07, 6.45) is -0.645. The van der Waals surface area contributed by atoms with E-state index in [1.54, 1.807) is 0 Å². The van der Waals surface area contributed by atoms with E-state index in [1.165, 1.54) is 0 Å². The van der Waals surface area contributed by atoms with Gasteiger partial charge in [0.15, 0.2) is 0 Å². The summed E-state index contributed by atoms with van der Waals surface area (Å²) in [5.74, 6) is -0.996. The van der Waals surface area contributed by atoms with Crippen molar-refractivity contribution >= 4 is 31.2 Å². The maximum atomic E-state index is 9.18. The number of thiol groups is 2. The number of aliphatic hydroxyl groups is 2. The van der Waals surface area contributed by atoms with Gasteiger partial charge in [-0.2, -0.15) is 25.3 Å². The first-order valence-electron chi connectivity index (χ1n) is 2.79. The first-order chi connectivity index (χ1) is 5.08. The van der Waals surface area contributed by atoms with E-state index in [9.17, 15) is 9.90 Å². The normalized spacial score (nSPS) is 10.3. The topological polar surface area (TPSA) is 80.6 Å². The summed E-state index contributed by atoms with van der Waals surface area (Å²) in [5.41, 5.74) is 0. The fraction of sp³-hybridized carbons (Fsp3) is 0.800. The summed E-state index contributed by atoms with van der Waals surface area (Å²) in [7, 11) is 0. The Bertz CT molecular complexity index is 99.4. The molecule has 0 aromatic carbocycles. The second-order valence-corrected chi connectivity index (χ2v) is 2.23. The summed E-state index contributed by atoms with van der Waals surface area (Å²) in [6.45, 7) is -0.191. The van der Waals surface area contributed by atoms with Gasteiger partial charge in [0, 0.05) is 11.5 Å². The van der Waals surface area contributed by atoms with Gasteiger partial charge in [0.2, 0.25) is 0 Å². The van der Waals surface area contributed by atoms with E-state index < -0.39 is 12.1 Å². The maximum absolute atomic E-state index is 9.18. The van der Waals surface area contributed by atoms with Crippen molar-refractivity contribution in [1.29, 1.82) is 0 Å². The second-order valence-electron chi connectivity index (χ2n) is 1.55. The maximum Gasteiger partial charge on any atom is 1.00 e. The summed E-state index contributed by atoms with van der Waals surface area (Å²) >= 11 is 7.04. The van der Waals surface area contributed by atoms with Crippen molar-refractivity contribution in [3.63, 3.8) is 0 Å². The Morgan fingerprint density at radius 2 is 1.83 bits per heavy atom. The van der Waals surface area contributed by atoms with Gasteiger partial charge in [0.05, 0.1) is 18.7 Å². The zero-order valence-corrected chi connectivity index (χ0v) is 10.6. The van der Waals surface area contributed by atoms with Crippen LogP contribution in [-0.4, -0.2) is 40.4 Å². The van der Waals surface area contributed by atoms with Crippen LogP contribution in [0.15, 0.2) is 0 Å². The molecule has 0 saturated carbocycles. The van der Waals surface area contributed by atoms with Gasteiger partial charge in [-0.05, 0) is 0 Å². The molecule has 12 heavy (non-hydrogen) atoms. The van der Waals surface area contributed by atoms with Gasteiger partial charge >= 0.3 is 29.6 Å². The number of hydrogen-bond acceptors (Lipinski definition) is 6. The Labute approximate surface area is 104 Å². The van der Waals surface area contributed by atoms with E-state index in [0.29, 0.717) is 5.75 Å². The van der Waals surface area contributed by atoms with Gasteiger partial charge in [-0.15, -0.1) is 0 Å². The molecule has 0 fully saturated rings. The fourth-order valence-corrected chi connectivity index (χ4v) is 0.173. The average molecular weight is 222 g/mol. The molecule has 7 heteroatoms. The number of aliphatic carboxylic acids is 1. The third-order valence-electron chi connectivity index (χ3n) is 0.551. The standard InChI is InChI=1S/C3H8O2S.C2H4O2S.Na/c4-1-3(5)2-6;3-2(4)1-5;/h3-6H,1-2H2;5H,1H2,(H,3,4);/q;;+1/p-1. The SMILES string of the molecule is O=C([O-])CS.OCC(O)CS.[Na+]. The Kier molecular flexibility index (Phi) is 22.9. The van der Waals surface area contributed by atoms with Crippen molar-refractivity contribution in [2.45, 2.75) is 6.10 Å². The number of carbonyl (C=O) groups is 1. The van der Waals surface area contributed by atoms with Gasteiger partial charge in [-0.1, -0.05) is 0 Å². The minimum Gasteiger partial charge on any atom is -0.549 e. The van der Waals surface area contributed by atoms with Crippen LogP contribution in [0.25, 0.3) is 0 Å². The summed E-state index contributed by atoms with van der Waals surface area (Å²) in [5, 5.41) is 25.6. The first kappa shape index (κ1) is 18.8. The predicted molar refractivity (Wildman–Crippen MR) is 45.8 cm³/mol. The van der Waals surface area contributed by atoms with Crippen LogP contribution in [0.3, 0.4) is 0 Å². The second kappa shape index (κ2) is 14.6. The molecule has 68 valence electrons. The van der Waals surface area contributed by atoms with Crippen LogP contribution in [0.4, 0.5) is 0 Å². The van der Waals surface area contributed by atoms with Crippen molar-refractivity contribution in [3.05, 3.63) is 0 Å². The smallest absolute Gasteiger partial charge is 0.549 e. The monoisotopic (exact) mass is 222 g/mol. The molecule has 0 aliphatic carbocycles. The molecule has 1 unspecified atom stereocenters. The number of hydrogen-bond donors (Lipinski definition) is 4. The third kappa shape index (κ3) is 22.5. The van der Waals surface area contributed by atoms with Gasteiger partial charge < -0.3 is 20.1 Å². The number of rotatable bonds is 3. The molecule has 2 N–H and O–H groups in total. The molecule has 0 radical (unpaired) electrons. The molecule has 0 spiro atoms. The molecule has 0 aromatic heterocycles. The minimum absolute atomic E-state index is 0. The van der Waals surface area contributed by atoms with Crippen LogP contribution < -0.4 is 34.7 Å². The van der Waals surface area contributed by atoms with Crippen LogP contribution in [-0.2, 0) is 4.79 Å². The molecule has 0 saturated heterocycles. The predicted octanol–water partition coefficient (Wildman–Crippen LogP) is -5.06. The van der Waals surface area contributed by atoms with Gasteiger partial charge in [-0.3, -0.25) is 0 Å². The summed E-state index contributed by atoms with van der Waals surface area (Å²) in [6, 6.07) is 0. The van der Waals surface area contributed by atoms with E-state index in [1.807, 2.05) is 0 Å². The molecule has 0 aliphatic heterocycles. The van der Waals surface area contributed by atoms with E-state index in [0.717, 1.165) is 0 Å². The van der Waals surface area contributed by atoms with Gasteiger partial charge in [-0.25, -0.2) is 0 Å². The van der Waals surface area contributed by atoms with Gasteiger partial charge in [0.1, 0.15) is 0 Å². The molecule has 0 bridgehead atoms. The molecular formula is C5H11NaO4S2. The average Bonchev–Trinajstić information content (AvgIpc) is 2.04. The zero-order chi connectivity index (χ0) is 9.28. The van der Waals surface area contributed by atoms with Crippen LogP contribution in [0.2, 0.25) is 0 Å². The minimum atomic E-state index is -1.13.